The van der Waals surface area contributed by atoms with Crippen molar-refractivity contribution in [2.24, 2.45) is 5.73 Å². The first kappa shape index (κ1) is 12.8. The third-order valence-electron chi connectivity index (χ3n) is 3.37. The Kier molecular flexibility index (Phi) is 3.81. The van der Waals surface area contributed by atoms with Gasteiger partial charge in [0, 0.05) is 6.54 Å². The van der Waals surface area contributed by atoms with Crippen LogP contribution in [-0.2, 0) is 14.3 Å². The van der Waals surface area contributed by atoms with Gasteiger partial charge in [-0.05, 0) is 32.2 Å². The van der Waals surface area contributed by atoms with Crippen LogP contribution in [0, 0.1) is 0 Å². The van der Waals surface area contributed by atoms with Crippen LogP contribution in [0.4, 0.5) is 4.79 Å². The molecule has 0 aromatic rings. The van der Waals surface area contributed by atoms with E-state index < -0.39 is 18.1 Å². The van der Waals surface area contributed by atoms with Gasteiger partial charge in [0.15, 0.2) is 0 Å². The highest BCUT2D eigenvalue weighted by molar-refractivity contribution is 5.92. The van der Waals surface area contributed by atoms with E-state index in [0.29, 0.717) is 13.0 Å². The fourth-order valence-electron chi connectivity index (χ4n) is 2.54. The summed E-state index contributed by atoms with van der Waals surface area (Å²) < 4.78 is 4.36. The van der Waals surface area contributed by atoms with Gasteiger partial charge in [-0.2, -0.15) is 0 Å². The second kappa shape index (κ2) is 5.34. The van der Waals surface area contributed by atoms with E-state index in [0.717, 1.165) is 25.8 Å². The van der Waals surface area contributed by atoms with Gasteiger partial charge in [-0.1, -0.05) is 0 Å². The maximum Gasteiger partial charge on any atom is 0.412 e. The number of primary amides is 1. The molecule has 2 rings (SSSR count). The molecule has 0 aromatic heterocycles. The standard InChI is InChI=1S/C11H17N3O4/c12-11(17)18-10(16)8-4-2-6-14(8)9(15)7-3-1-5-13-7/h7-8,13H,1-6H2,(H2,12,17)/t7-,8-/m0/s1. The van der Waals surface area contributed by atoms with Gasteiger partial charge < -0.3 is 20.7 Å². The first-order valence-corrected chi connectivity index (χ1v) is 6.14. The molecule has 2 fully saturated rings. The first-order valence-electron chi connectivity index (χ1n) is 6.14. The number of nitrogens with one attached hydrogen (secondary N) is 1. The van der Waals surface area contributed by atoms with Gasteiger partial charge in [0.05, 0.1) is 6.04 Å². The minimum atomic E-state index is -1.13. The molecular formula is C11H17N3O4. The van der Waals surface area contributed by atoms with E-state index in [1.807, 2.05) is 0 Å². The Hall–Kier alpha value is -1.63. The van der Waals surface area contributed by atoms with Crippen molar-refractivity contribution in [3.8, 4) is 0 Å². The third-order valence-corrected chi connectivity index (χ3v) is 3.37. The predicted octanol–water partition coefficient (Wildman–Crippen LogP) is -0.649. The molecule has 0 saturated carbocycles. The lowest BCUT2D eigenvalue weighted by Crippen LogP contribution is -2.49. The second-order valence-electron chi connectivity index (χ2n) is 4.58. The summed E-state index contributed by atoms with van der Waals surface area (Å²) in [5.74, 6) is -0.817. The summed E-state index contributed by atoms with van der Waals surface area (Å²) in [6, 6.07) is -0.889. The molecule has 0 aliphatic carbocycles. The monoisotopic (exact) mass is 255 g/mol. The summed E-state index contributed by atoms with van der Waals surface area (Å²) >= 11 is 0. The number of likely N-dealkylation sites (tertiary alicyclic amines) is 1. The lowest BCUT2D eigenvalue weighted by atomic mass is 10.1. The molecule has 3 N–H and O–H groups in total. The van der Waals surface area contributed by atoms with Crippen molar-refractivity contribution >= 4 is 18.0 Å². The van der Waals surface area contributed by atoms with Gasteiger partial charge in [0.2, 0.25) is 5.91 Å². The van der Waals surface area contributed by atoms with Gasteiger partial charge in [0.1, 0.15) is 6.04 Å². The number of nitrogens with zero attached hydrogens (tertiary/aromatic N) is 1. The number of ether oxygens (including phenoxy) is 1. The molecule has 7 heteroatoms. The number of esters is 1. The molecule has 7 nitrogen and oxygen atoms in total. The maximum absolute atomic E-state index is 12.2. The molecule has 2 heterocycles. The number of carbonyl (C=O) groups excluding carboxylic acids is 3. The highest BCUT2D eigenvalue weighted by Gasteiger charge is 2.39. The summed E-state index contributed by atoms with van der Waals surface area (Å²) in [6.07, 6.45) is 1.87. The molecule has 0 aromatic carbocycles. The van der Waals surface area contributed by atoms with Crippen molar-refractivity contribution in [2.45, 2.75) is 37.8 Å². The first-order chi connectivity index (χ1) is 8.59. The van der Waals surface area contributed by atoms with Crippen molar-refractivity contribution in [3.05, 3.63) is 0 Å². The van der Waals surface area contributed by atoms with Gasteiger partial charge in [-0.3, -0.25) is 4.79 Å². The number of hydrogen-bond donors (Lipinski definition) is 2. The lowest BCUT2D eigenvalue weighted by molar-refractivity contribution is -0.148. The molecule has 2 aliphatic rings. The molecule has 2 saturated heterocycles. The zero-order valence-electron chi connectivity index (χ0n) is 10.1. The number of rotatable bonds is 2. The average molecular weight is 255 g/mol. The maximum atomic E-state index is 12.2. The molecule has 2 amide bonds. The van der Waals surface area contributed by atoms with Crippen LogP contribution in [0.3, 0.4) is 0 Å². The largest absolute Gasteiger partial charge is 0.412 e. The van der Waals surface area contributed by atoms with Crippen LogP contribution in [0.15, 0.2) is 0 Å². The Morgan fingerprint density at radius 3 is 2.61 bits per heavy atom. The molecule has 0 unspecified atom stereocenters. The van der Waals surface area contributed by atoms with E-state index in [4.69, 9.17) is 5.73 Å². The summed E-state index contributed by atoms with van der Waals surface area (Å²) in [5, 5.41) is 3.10. The zero-order valence-corrected chi connectivity index (χ0v) is 10.1. The highest BCUT2D eigenvalue weighted by Crippen LogP contribution is 2.21. The zero-order chi connectivity index (χ0) is 13.1. The van der Waals surface area contributed by atoms with Crippen LogP contribution < -0.4 is 11.1 Å². The average Bonchev–Trinajstić information content (AvgIpc) is 2.98. The molecule has 2 atom stereocenters. The van der Waals surface area contributed by atoms with E-state index in [9.17, 15) is 14.4 Å². The molecule has 2 aliphatic heterocycles. The van der Waals surface area contributed by atoms with Crippen LogP contribution in [0.5, 0.6) is 0 Å². The topological polar surface area (TPSA) is 102 Å². The Morgan fingerprint density at radius 2 is 2.00 bits per heavy atom. The Labute approximate surface area is 105 Å². The molecular weight excluding hydrogens is 238 g/mol. The van der Waals surface area contributed by atoms with E-state index in [-0.39, 0.29) is 11.9 Å². The Balaban J connectivity index is 2.00. The van der Waals surface area contributed by atoms with Gasteiger partial charge in [0.25, 0.3) is 0 Å². The van der Waals surface area contributed by atoms with Crippen LogP contribution in [-0.4, -0.2) is 48.0 Å². The van der Waals surface area contributed by atoms with Crippen molar-refractivity contribution in [1.29, 1.82) is 0 Å². The minimum absolute atomic E-state index is 0.0866. The highest BCUT2D eigenvalue weighted by atomic mass is 16.6. The van der Waals surface area contributed by atoms with Crippen LogP contribution in [0.2, 0.25) is 0 Å². The molecule has 18 heavy (non-hydrogen) atoms. The van der Waals surface area contributed by atoms with E-state index in [1.54, 1.807) is 0 Å². The van der Waals surface area contributed by atoms with Crippen molar-refractivity contribution in [2.75, 3.05) is 13.1 Å². The summed E-state index contributed by atoms with van der Waals surface area (Å²) in [7, 11) is 0. The molecule has 0 bridgehead atoms. The summed E-state index contributed by atoms with van der Waals surface area (Å²) in [5.41, 5.74) is 4.81. The molecule has 0 radical (unpaired) electrons. The normalized spacial score (nSPS) is 27.2. The van der Waals surface area contributed by atoms with E-state index in [2.05, 4.69) is 10.1 Å². The quantitative estimate of drug-likeness (QED) is 0.504. The SMILES string of the molecule is NC(=O)OC(=O)[C@@H]1CCCN1C(=O)[C@@H]1CCCN1. The van der Waals surface area contributed by atoms with Gasteiger partial charge in [-0.25, -0.2) is 9.59 Å². The minimum Gasteiger partial charge on any atom is -0.375 e. The lowest BCUT2D eigenvalue weighted by Gasteiger charge is -2.25. The Bertz CT molecular complexity index is 365. The summed E-state index contributed by atoms with van der Waals surface area (Å²) in [4.78, 5) is 35.9. The smallest absolute Gasteiger partial charge is 0.375 e. The molecule has 0 spiro atoms. The number of nitrogens with two attached hydrogens (primary N) is 1. The van der Waals surface area contributed by atoms with Crippen LogP contribution >= 0.6 is 0 Å². The third kappa shape index (κ3) is 2.61. The van der Waals surface area contributed by atoms with Crippen LogP contribution in [0.1, 0.15) is 25.7 Å². The van der Waals surface area contributed by atoms with Crippen LogP contribution in [0.25, 0.3) is 0 Å². The number of hydrogen-bond acceptors (Lipinski definition) is 5. The van der Waals surface area contributed by atoms with Crippen molar-refractivity contribution in [1.82, 2.24) is 10.2 Å². The van der Waals surface area contributed by atoms with E-state index >= 15 is 0 Å². The van der Waals surface area contributed by atoms with Crippen molar-refractivity contribution < 1.29 is 19.1 Å². The Morgan fingerprint density at radius 1 is 1.22 bits per heavy atom. The van der Waals surface area contributed by atoms with Crippen molar-refractivity contribution in [3.63, 3.8) is 0 Å². The van der Waals surface area contributed by atoms with E-state index in [1.165, 1.54) is 4.90 Å². The number of carbonyl (C=O) groups is 3. The summed E-state index contributed by atoms with van der Waals surface area (Å²) in [6.45, 7) is 1.34. The predicted molar refractivity (Wildman–Crippen MR) is 61.4 cm³/mol. The number of amides is 2. The van der Waals surface area contributed by atoms with Gasteiger partial charge >= 0.3 is 12.1 Å². The fourth-order valence-corrected chi connectivity index (χ4v) is 2.54. The second-order valence-corrected chi connectivity index (χ2v) is 4.58. The van der Waals surface area contributed by atoms with Gasteiger partial charge in [-0.15, -0.1) is 0 Å². The fraction of sp³-hybridized carbons (Fsp3) is 0.727. The molecule has 100 valence electrons.